The van der Waals surface area contributed by atoms with E-state index in [1.807, 2.05) is 30.3 Å². The van der Waals surface area contributed by atoms with Crippen molar-refractivity contribution in [2.45, 2.75) is 31.1 Å². The normalized spacial score (nSPS) is 25.0. The van der Waals surface area contributed by atoms with Crippen LogP contribution in [0.2, 0.25) is 0 Å². The van der Waals surface area contributed by atoms with Gasteiger partial charge < -0.3 is 10.1 Å². The molecule has 4 nitrogen and oxygen atoms in total. The van der Waals surface area contributed by atoms with E-state index in [1.165, 1.54) is 18.9 Å². The van der Waals surface area contributed by atoms with Gasteiger partial charge in [-0.2, -0.15) is 0 Å². The Hall–Kier alpha value is -2.24. The van der Waals surface area contributed by atoms with E-state index >= 15 is 0 Å². The molecular formula is C24H28FN2O2+. The van der Waals surface area contributed by atoms with E-state index in [1.54, 1.807) is 13.2 Å². The molecule has 2 heterocycles. The predicted molar refractivity (Wildman–Crippen MR) is 112 cm³/mol. The lowest BCUT2D eigenvalue weighted by Crippen LogP contribution is -2.58. The van der Waals surface area contributed by atoms with Crippen molar-refractivity contribution < 1.29 is 13.9 Å². The Kier molecular flexibility index (Phi) is 4.48. The molecule has 152 valence electrons. The third kappa shape index (κ3) is 3.08. The molecule has 1 saturated heterocycles. The van der Waals surface area contributed by atoms with Crippen LogP contribution in [0.15, 0.2) is 42.5 Å². The smallest absolute Gasteiger partial charge is 0.350 e. The van der Waals surface area contributed by atoms with Gasteiger partial charge in [-0.3, -0.25) is 0 Å². The van der Waals surface area contributed by atoms with Crippen LogP contribution in [0.4, 0.5) is 10.1 Å². The molecule has 0 bridgehead atoms. The van der Waals surface area contributed by atoms with Crippen molar-refractivity contribution in [1.29, 1.82) is 0 Å². The first kappa shape index (κ1) is 18.8. The van der Waals surface area contributed by atoms with Gasteiger partial charge in [0.25, 0.3) is 0 Å². The number of rotatable bonds is 4. The highest BCUT2D eigenvalue weighted by atomic mass is 19.1. The summed E-state index contributed by atoms with van der Waals surface area (Å²) >= 11 is 0. The summed E-state index contributed by atoms with van der Waals surface area (Å²) in [5, 5.41) is 3.44. The first-order valence-corrected chi connectivity index (χ1v) is 10.6. The molecular weight excluding hydrogens is 367 g/mol. The largest absolute Gasteiger partial charge is 0.497 e. The highest BCUT2D eigenvalue weighted by molar-refractivity contribution is 6.04. The Morgan fingerprint density at radius 2 is 1.90 bits per heavy atom. The van der Waals surface area contributed by atoms with Crippen LogP contribution >= 0.6 is 0 Å². The van der Waals surface area contributed by atoms with E-state index in [-0.39, 0.29) is 17.1 Å². The Morgan fingerprint density at radius 3 is 2.55 bits per heavy atom. The molecule has 29 heavy (non-hydrogen) atoms. The van der Waals surface area contributed by atoms with Gasteiger partial charge in [0.1, 0.15) is 23.8 Å². The molecule has 1 spiro atoms. The molecule has 2 aromatic carbocycles. The summed E-state index contributed by atoms with van der Waals surface area (Å²) < 4.78 is 19.9. The number of benzene rings is 2. The number of hydrogen-bond donors (Lipinski definition) is 1. The highest BCUT2D eigenvalue weighted by Gasteiger charge is 2.58. The third-order valence-electron chi connectivity index (χ3n) is 7.12. The number of halogens is 1. The zero-order valence-corrected chi connectivity index (χ0v) is 16.9. The minimum atomic E-state index is -0.204. The molecule has 5 rings (SSSR count). The van der Waals surface area contributed by atoms with Gasteiger partial charge in [0.2, 0.25) is 0 Å². The van der Waals surface area contributed by atoms with Gasteiger partial charge in [-0.25, -0.2) is 13.7 Å². The van der Waals surface area contributed by atoms with E-state index in [4.69, 9.17) is 4.74 Å². The monoisotopic (exact) mass is 395 g/mol. The Balaban J connectivity index is 1.64. The van der Waals surface area contributed by atoms with Crippen LogP contribution < -0.4 is 14.5 Å². The molecule has 2 fully saturated rings. The topological polar surface area (TPSA) is 38.3 Å². The van der Waals surface area contributed by atoms with Crippen molar-refractivity contribution in [3.8, 4) is 5.75 Å². The van der Waals surface area contributed by atoms with Crippen LogP contribution in [0.5, 0.6) is 5.75 Å². The number of carbonyl (C=O) groups is 1. The lowest BCUT2D eigenvalue weighted by molar-refractivity contribution is 0.0732. The summed E-state index contributed by atoms with van der Waals surface area (Å²) in [5.74, 6) is 1.24. The van der Waals surface area contributed by atoms with Crippen molar-refractivity contribution >= 4 is 11.6 Å². The van der Waals surface area contributed by atoms with E-state index in [0.29, 0.717) is 16.0 Å². The molecule has 0 radical (unpaired) electrons. The summed E-state index contributed by atoms with van der Waals surface area (Å²) in [6, 6.07) is 12.5. The fourth-order valence-electron chi connectivity index (χ4n) is 5.48. The fourth-order valence-corrected chi connectivity index (χ4v) is 5.48. The summed E-state index contributed by atoms with van der Waals surface area (Å²) in [4.78, 5) is 14.0. The molecule has 2 aliphatic heterocycles. The number of amides is 1. The quantitative estimate of drug-likeness (QED) is 0.795. The number of nitrogens with one attached hydrogen (secondary N) is 1. The average molecular weight is 395 g/mol. The van der Waals surface area contributed by atoms with Crippen LogP contribution in [0.3, 0.4) is 0 Å². The first-order chi connectivity index (χ1) is 14.1. The Morgan fingerprint density at radius 1 is 1.17 bits per heavy atom. The van der Waals surface area contributed by atoms with Gasteiger partial charge in [-0.05, 0) is 75.2 Å². The molecule has 1 unspecified atom stereocenters. The van der Waals surface area contributed by atoms with Gasteiger partial charge >= 0.3 is 5.91 Å². The van der Waals surface area contributed by atoms with Crippen molar-refractivity contribution in [2.75, 3.05) is 33.3 Å². The maximum Gasteiger partial charge on any atom is 0.350 e. The van der Waals surface area contributed by atoms with Crippen molar-refractivity contribution in [3.05, 3.63) is 59.4 Å². The molecule has 1 saturated carbocycles. The molecule has 2 aromatic rings. The van der Waals surface area contributed by atoms with Gasteiger partial charge in [-0.1, -0.05) is 0 Å². The molecule has 0 aromatic heterocycles. The number of hydrogen-bond acceptors (Lipinski definition) is 3. The van der Waals surface area contributed by atoms with Crippen LogP contribution in [0.1, 0.15) is 41.6 Å². The summed E-state index contributed by atoms with van der Waals surface area (Å²) in [7, 11) is 1.63. The second-order valence-corrected chi connectivity index (χ2v) is 8.98. The summed E-state index contributed by atoms with van der Waals surface area (Å²) in [6.45, 7) is 3.39. The number of ether oxygens (including phenoxy) is 1. The zero-order chi connectivity index (χ0) is 20.1. The second-order valence-electron chi connectivity index (χ2n) is 8.98. The molecule has 5 heteroatoms. The van der Waals surface area contributed by atoms with E-state index in [0.717, 1.165) is 56.0 Å². The van der Waals surface area contributed by atoms with Crippen LogP contribution in [-0.4, -0.2) is 39.2 Å². The van der Waals surface area contributed by atoms with Gasteiger partial charge in [0.05, 0.1) is 24.6 Å². The van der Waals surface area contributed by atoms with Crippen LogP contribution in [-0.2, 0) is 5.41 Å². The maximum absolute atomic E-state index is 14.3. The molecule has 3 aliphatic rings. The molecule has 1 atom stereocenters. The average Bonchev–Trinajstić information content (AvgIpc) is 3.53. The molecule has 1 aliphatic carbocycles. The number of fused-ring (bicyclic) bond motifs is 2. The highest BCUT2D eigenvalue weighted by Crippen LogP contribution is 2.52. The minimum absolute atomic E-state index is 0.125. The van der Waals surface area contributed by atoms with Crippen molar-refractivity contribution in [1.82, 2.24) is 9.80 Å². The lowest BCUT2D eigenvalue weighted by Gasteiger charge is -2.37. The van der Waals surface area contributed by atoms with Gasteiger partial charge in [0.15, 0.2) is 0 Å². The zero-order valence-electron chi connectivity index (χ0n) is 16.9. The Labute approximate surface area is 171 Å². The predicted octanol–water partition coefficient (Wildman–Crippen LogP) is 4.03. The standard InChI is InChI=1S/C24H28FN2O2/c1-29-20-7-4-18(5-8-20)23(28)27(15-17-2-3-17)16-24(10-12-26-13-11-24)21-14-19(25)6-9-22(21)27/h4-9,14,17,26H,2-3,10-13,15-16H2,1H3/q+1. The van der Waals surface area contributed by atoms with Crippen molar-refractivity contribution in [3.63, 3.8) is 0 Å². The number of quaternary nitrogens is 1. The van der Waals surface area contributed by atoms with Crippen molar-refractivity contribution in [2.24, 2.45) is 5.92 Å². The fraction of sp³-hybridized carbons (Fsp3) is 0.458. The van der Waals surface area contributed by atoms with E-state index in [2.05, 4.69) is 5.32 Å². The van der Waals surface area contributed by atoms with E-state index < -0.39 is 0 Å². The number of carbonyl (C=O) groups excluding carboxylic acids is 1. The maximum atomic E-state index is 14.3. The molecule has 1 amide bonds. The van der Waals surface area contributed by atoms with Gasteiger partial charge in [0, 0.05) is 17.5 Å². The molecule has 1 N–H and O–H groups in total. The second kappa shape index (κ2) is 6.92. The van der Waals surface area contributed by atoms with Crippen LogP contribution in [0.25, 0.3) is 0 Å². The minimum Gasteiger partial charge on any atom is -0.497 e. The van der Waals surface area contributed by atoms with Gasteiger partial charge in [-0.15, -0.1) is 0 Å². The number of piperidine rings is 1. The third-order valence-corrected chi connectivity index (χ3v) is 7.12. The van der Waals surface area contributed by atoms with E-state index in [9.17, 15) is 9.18 Å². The Bertz CT molecular complexity index is 932. The number of methoxy groups -OCH3 is 1. The first-order valence-electron chi connectivity index (χ1n) is 10.6. The number of nitrogens with zero attached hydrogens (tertiary/aromatic N) is 1. The SMILES string of the molecule is COc1ccc(C(=O)[N+]2(CC3CC3)CC3(CCNCC3)c3cc(F)ccc32)cc1. The lowest BCUT2D eigenvalue weighted by atomic mass is 9.74. The van der Waals surface area contributed by atoms with Crippen LogP contribution in [0, 0.1) is 11.7 Å². The summed E-state index contributed by atoms with van der Waals surface area (Å²) in [6.07, 6.45) is 4.26. The summed E-state index contributed by atoms with van der Waals surface area (Å²) in [5.41, 5.74) is 2.65.